The lowest BCUT2D eigenvalue weighted by Crippen LogP contribution is -1.94. The molecule has 0 bridgehead atoms. The van der Waals surface area contributed by atoms with Crippen molar-refractivity contribution in [3.05, 3.63) is 47.2 Å². The highest BCUT2D eigenvalue weighted by atomic mass is 79.9. The van der Waals surface area contributed by atoms with Crippen molar-refractivity contribution in [2.45, 2.75) is 0 Å². The number of hydrogen-bond acceptors (Lipinski definition) is 3. The molecule has 3 aromatic rings. The van der Waals surface area contributed by atoms with Crippen LogP contribution in [0.2, 0.25) is 0 Å². The summed E-state index contributed by atoms with van der Waals surface area (Å²) in [6.45, 7) is 0. The molecular formula is C12H8BrN3O. The Labute approximate surface area is 106 Å². The maximum atomic E-state index is 10.0. The number of hydrogen-bond donors (Lipinski definition) is 1. The highest BCUT2D eigenvalue weighted by Crippen LogP contribution is 2.24. The average molecular weight is 290 g/mol. The Hall–Kier alpha value is -1.88. The van der Waals surface area contributed by atoms with Crippen molar-refractivity contribution in [1.82, 2.24) is 14.7 Å². The second-order valence-electron chi connectivity index (χ2n) is 3.62. The maximum Gasteiger partial charge on any atom is 0.178 e. The molecule has 0 unspecified atom stereocenters. The lowest BCUT2D eigenvalue weighted by Gasteiger charge is -1.99. The minimum absolute atomic E-state index is 0.492. The van der Waals surface area contributed by atoms with Gasteiger partial charge in [-0.3, -0.25) is 4.98 Å². The monoisotopic (exact) mass is 289 g/mol. The fourth-order valence-corrected chi connectivity index (χ4v) is 2.07. The van der Waals surface area contributed by atoms with E-state index >= 15 is 0 Å². The third-order valence-corrected chi connectivity index (χ3v) is 3.01. The van der Waals surface area contributed by atoms with Crippen LogP contribution >= 0.6 is 15.9 Å². The molecular weight excluding hydrogens is 282 g/mol. The number of pyridine rings is 1. The van der Waals surface area contributed by atoms with Gasteiger partial charge in [0.1, 0.15) is 5.52 Å². The largest absolute Gasteiger partial charge is 0.426 e. The Balaban J connectivity index is 2.28. The van der Waals surface area contributed by atoms with Crippen LogP contribution in [-0.4, -0.2) is 19.9 Å². The van der Waals surface area contributed by atoms with Crippen LogP contribution in [0.15, 0.2) is 47.2 Å². The van der Waals surface area contributed by atoms with E-state index in [1.54, 1.807) is 12.4 Å². The SMILES string of the molecule is On1c(-c2cccnc2)nc2cc(Br)ccc21. The predicted octanol–water partition coefficient (Wildman–Crippen LogP) is 3.10. The molecule has 0 fully saturated rings. The maximum absolute atomic E-state index is 10.0. The third-order valence-electron chi connectivity index (χ3n) is 2.51. The number of halogens is 1. The van der Waals surface area contributed by atoms with Crippen LogP contribution in [-0.2, 0) is 0 Å². The second kappa shape index (κ2) is 3.85. The van der Waals surface area contributed by atoms with E-state index in [0.717, 1.165) is 20.3 Å². The topological polar surface area (TPSA) is 50.9 Å². The molecule has 0 saturated carbocycles. The van der Waals surface area contributed by atoms with Crippen LogP contribution in [0.25, 0.3) is 22.4 Å². The van der Waals surface area contributed by atoms with E-state index in [2.05, 4.69) is 25.9 Å². The van der Waals surface area contributed by atoms with Gasteiger partial charge in [0.2, 0.25) is 0 Å². The first-order valence-corrected chi connectivity index (χ1v) is 5.82. The number of aromatic nitrogens is 3. The summed E-state index contributed by atoms with van der Waals surface area (Å²) in [6.07, 6.45) is 3.35. The van der Waals surface area contributed by atoms with E-state index in [4.69, 9.17) is 0 Å². The van der Waals surface area contributed by atoms with Crippen LogP contribution in [0.5, 0.6) is 0 Å². The molecule has 1 aromatic carbocycles. The zero-order chi connectivity index (χ0) is 11.8. The summed E-state index contributed by atoms with van der Waals surface area (Å²) < 4.78 is 2.01. The first-order chi connectivity index (χ1) is 8.25. The van der Waals surface area contributed by atoms with Gasteiger partial charge in [0, 0.05) is 22.4 Å². The van der Waals surface area contributed by atoms with E-state index in [9.17, 15) is 5.21 Å². The number of fused-ring (bicyclic) bond motifs is 1. The molecule has 0 aliphatic carbocycles. The molecule has 1 N–H and O–H groups in total. The molecule has 5 heteroatoms. The van der Waals surface area contributed by atoms with Crippen molar-refractivity contribution in [1.29, 1.82) is 0 Å². The third kappa shape index (κ3) is 1.68. The summed E-state index contributed by atoms with van der Waals surface area (Å²) in [5.74, 6) is 0.492. The molecule has 17 heavy (non-hydrogen) atoms. The highest BCUT2D eigenvalue weighted by molar-refractivity contribution is 9.10. The Morgan fingerprint density at radius 1 is 1.24 bits per heavy atom. The first-order valence-electron chi connectivity index (χ1n) is 5.03. The smallest absolute Gasteiger partial charge is 0.178 e. The van der Waals surface area contributed by atoms with Gasteiger partial charge < -0.3 is 5.21 Å². The van der Waals surface area contributed by atoms with Crippen LogP contribution < -0.4 is 0 Å². The molecule has 0 aliphatic rings. The van der Waals surface area contributed by atoms with Gasteiger partial charge in [-0.1, -0.05) is 15.9 Å². The van der Waals surface area contributed by atoms with Gasteiger partial charge in [0.25, 0.3) is 0 Å². The van der Waals surface area contributed by atoms with Crippen LogP contribution in [0.3, 0.4) is 0 Å². The Morgan fingerprint density at radius 2 is 2.12 bits per heavy atom. The van der Waals surface area contributed by atoms with Gasteiger partial charge in [-0.2, -0.15) is 4.73 Å². The van der Waals surface area contributed by atoms with Crippen molar-refractivity contribution in [3.63, 3.8) is 0 Å². The van der Waals surface area contributed by atoms with E-state index in [0.29, 0.717) is 11.3 Å². The van der Waals surface area contributed by atoms with Crippen LogP contribution in [0, 0.1) is 0 Å². The summed E-state index contributed by atoms with van der Waals surface area (Å²) in [7, 11) is 0. The molecule has 0 saturated heterocycles. The van der Waals surface area contributed by atoms with Crippen molar-refractivity contribution < 1.29 is 5.21 Å². The first kappa shape index (κ1) is 10.3. The van der Waals surface area contributed by atoms with E-state index in [-0.39, 0.29) is 0 Å². The fraction of sp³-hybridized carbons (Fsp3) is 0. The van der Waals surface area contributed by atoms with Crippen molar-refractivity contribution in [2.24, 2.45) is 0 Å². The van der Waals surface area contributed by atoms with Gasteiger partial charge in [0.05, 0.1) is 5.52 Å². The van der Waals surface area contributed by atoms with E-state index in [1.165, 1.54) is 0 Å². The van der Waals surface area contributed by atoms with Crippen molar-refractivity contribution in [3.8, 4) is 11.4 Å². The second-order valence-corrected chi connectivity index (χ2v) is 4.54. The molecule has 2 heterocycles. The zero-order valence-corrected chi connectivity index (χ0v) is 10.3. The molecule has 0 radical (unpaired) electrons. The molecule has 0 amide bonds. The molecule has 3 rings (SSSR count). The normalized spacial score (nSPS) is 10.9. The molecule has 0 aliphatic heterocycles. The molecule has 84 valence electrons. The fourth-order valence-electron chi connectivity index (χ4n) is 1.72. The Bertz CT molecular complexity index is 679. The Kier molecular flexibility index (Phi) is 2.33. The highest BCUT2D eigenvalue weighted by Gasteiger charge is 2.11. The molecule has 0 atom stereocenters. The van der Waals surface area contributed by atoms with Crippen LogP contribution in [0.4, 0.5) is 0 Å². The van der Waals surface area contributed by atoms with Gasteiger partial charge >= 0.3 is 0 Å². The van der Waals surface area contributed by atoms with Gasteiger partial charge in [-0.25, -0.2) is 4.98 Å². The average Bonchev–Trinajstić information content (AvgIpc) is 2.67. The zero-order valence-electron chi connectivity index (χ0n) is 8.71. The summed E-state index contributed by atoms with van der Waals surface area (Å²) >= 11 is 3.38. The van der Waals surface area contributed by atoms with Gasteiger partial charge in [-0.05, 0) is 30.3 Å². The number of imidazole rings is 1. The quantitative estimate of drug-likeness (QED) is 0.701. The Morgan fingerprint density at radius 3 is 2.88 bits per heavy atom. The lowest BCUT2D eigenvalue weighted by atomic mass is 10.3. The number of rotatable bonds is 1. The van der Waals surface area contributed by atoms with Gasteiger partial charge in [-0.15, -0.1) is 0 Å². The lowest BCUT2D eigenvalue weighted by molar-refractivity contribution is 0.203. The van der Waals surface area contributed by atoms with Crippen LogP contribution in [0.1, 0.15) is 0 Å². The predicted molar refractivity (Wildman–Crippen MR) is 67.8 cm³/mol. The molecule has 2 aromatic heterocycles. The summed E-state index contributed by atoms with van der Waals surface area (Å²) in [4.78, 5) is 8.40. The molecule has 4 nitrogen and oxygen atoms in total. The van der Waals surface area contributed by atoms with E-state index in [1.807, 2.05) is 30.3 Å². The van der Waals surface area contributed by atoms with Crippen molar-refractivity contribution in [2.75, 3.05) is 0 Å². The molecule has 0 spiro atoms. The van der Waals surface area contributed by atoms with Gasteiger partial charge in [0.15, 0.2) is 5.82 Å². The van der Waals surface area contributed by atoms with Crippen molar-refractivity contribution >= 4 is 27.0 Å². The summed E-state index contributed by atoms with van der Waals surface area (Å²) in [6, 6.07) is 9.21. The standard InChI is InChI=1S/C12H8BrN3O/c13-9-3-4-11-10(6-9)15-12(16(11)17)8-2-1-5-14-7-8/h1-7,17H. The van der Waals surface area contributed by atoms with E-state index < -0.39 is 0 Å². The summed E-state index contributed by atoms with van der Waals surface area (Å²) in [5, 5.41) is 10.0. The summed E-state index contributed by atoms with van der Waals surface area (Å²) in [5.41, 5.74) is 2.19. The minimum atomic E-state index is 0.492. The number of nitrogens with zero attached hydrogens (tertiary/aromatic N) is 3. The minimum Gasteiger partial charge on any atom is -0.426 e. The number of benzene rings is 1.